The molecule has 4 nitrogen and oxygen atoms in total. The van der Waals surface area contributed by atoms with Crippen molar-refractivity contribution in [1.82, 2.24) is 4.90 Å². The highest BCUT2D eigenvalue weighted by molar-refractivity contribution is 5.96. The molecule has 0 aromatic heterocycles. The number of aliphatic hydroxyl groups excluding tert-OH is 1. The molecule has 0 amide bonds. The molecule has 0 unspecified atom stereocenters. The summed E-state index contributed by atoms with van der Waals surface area (Å²) < 4.78 is 0. The van der Waals surface area contributed by atoms with Gasteiger partial charge >= 0.3 is 0 Å². The van der Waals surface area contributed by atoms with Crippen LogP contribution in [0.5, 0.6) is 0 Å². The first kappa shape index (κ1) is 23.4. The molecule has 33 heavy (non-hydrogen) atoms. The first-order valence-corrected chi connectivity index (χ1v) is 11.9. The number of Topliss-reactive ketones (excluding diaryl/α,β-unsaturated/α-hetero) is 1. The predicted molar refractivity (Wildman–Crippen MR) is 131 cm³/mol. The van der Waals surface area contributed by atoms with Crippen LogP contribution in [-0.4, -0.2) is 40.5 Å². The average molecular weight is 444 g/mol. The Balaban J connectivity index is 1.34. The third-order valence-electron chi connectivity index (χ3n) is 6.94. The fraction of sp³-hybridized carbons (Fsp3) is 0.345. The summed E-state index contributed by atoms with van der Waals surface area (Å²) in [7, 11) is 0. The molecule has 3 aromatic rings. The molecule has 3 aromatic carbocycles. The maximum atomic E-state index is 12.5. The number of rotatable bonds is 9. The number of carbonyl (C=O) groups is 1. The molecule has 0 atom stereocenters. The molecule has 2 N–H and O–H groups in total. The quantitative estimate of drug-likeness (QED) is 0.467. The van der Waals surface area contributed by atoms with Crippen LogP contribution >= 0.6 is 0 Å². The molecule has 1 heterocycles. The zero-order chi connectivity index (χ0) is 23.1. The number of likely N-dealkylation sites (tertiary alicyclic amines) is 1. The lowest BCUT2D eigenvalue weighted by Crippen LogP contribution is -2.44. The van der Waals surface area contributed by atoms with Gasteiger partial charge < -0.3 is 15.1 Å². The van der Waals surface area contributed by atoms with Crippen LogP contribution in [0.1, 0.15) is 52.7 Å². The highest BCUT2D eigenvalue weighted by Gasteiger charge is 2.41. The maximum Gasteiger partial charge on any atom is 0.162 e. The van der Waals surface area contributed by atoms with Gasteiger partial charge in [0.25, 0.3) is 0 Å². The van der Waals surface area contributed by atoms with Crippen LogP contribution in [0.3, 0.4) is 0 Å². The molecule has 1 aliphatic rings. The van der Waals surface area contributed by atoms with Crippen molar-refractivity contribution in [2.24, 2.45) is 5.92 Å². The predicted octanol–water partition coefficient (Wildman–Crippen LogP) is 4.79. The first-order chi connectivity index (χ1) is 16.1. The lowest BCUT2D eigenvalue weighted by atomic mass is 9.72. The van der Waals surface area contributed by atoms with E-state index < -0.39 is 5.60 Å². The molecule has 0 spiro atoms. The number of carbonyl (C=O) groups excluding carboxylic acids is 1. The summed E-state index contributed by atoms with van der Waals surface area (Å²) in [6.07, 6.45) is 3.18. The van der Waals surface area contributed by atoms with Gasteiger partial charge in [0.15, 0.2) is 5.78 Å². The van der Waals surface area contributed by atoms with Gasteiger partial charge in [-0.05, 0) is 61.5 Å². The van der Waals surface area contributed by atoms with Crippen LogP contribution in [0.15, 0.2) is 84.9 Å². The van der Waals surface area contributed by atoms with Gasteiger partial charge in [0.05, 0.1) is 6.61 Å². The normalized spacial score (nSPS) is 15.5. The van der Waals surface area contributed by atoms with E-state index in [1.807, 2.05) is 60.7 Å². The Hall–Kier alpha value is -2.79. The third kappa shape index (κ3) is 5.41. The van der Waals surface area contributed by atoms with Crippen LogP contribution in [0.25, 0.3) is 0 Å². The summed E-state index contributed by atoms with van der Waals surface area (Å²) in [6, 6.07) is 27.3. The maximum absolute atomic E-state index is 12.5. The Labute approximate surface area is 196 Å². The zero-order valence-electron chi connectivity index (χ0n) is 19.1. The van der Waals surface area contributed by atoms with E-state index in [4.69, 9.17) is 5.11 Å². The van der Waals surface area contributed by atoms with Crippen LogP contribution in [0.4, 0.5) is 0 Å². The number of hydrogen-bond acceptors (Lipinski definition) is 4. The van der Waals surface area contributed by atoms with Gasteiger partial charge in [0.2, 0.25) is 0 Å². The Bertz CT molecular complexity index is 970. The average Bonchev–Trinajstić information content (AvgIpc) is 2.89. The van der Waals surface area contributed by atoms with Gasteiger partial charge in [0, 0.05) is 12.0 Å². The molecule has 4 rings (SSSR count). The SMILES string of the molecule is O=C(CCCN1CCC(C(O)(c2ccccc2)c2ccccc2)CC1)c1ccc(CO)cc1. The van der Waals surface area contributed by atoms with Crippen LogP contribution in [0.2, 0.25) is 0 Å². The van der Waals surface area contributed by atoms with E-state index in [9.17, 15) is 9.90 Å². The van der Waals surface area contributed by atoms with Gasteiger partial charge in [-0.2, -0.15) is 0 Å². The van der Waals surface area contributed by atoms with Crippen molar-refractivity contribution in [3.05, 3.63) is 107 Å². The molecule has 172 valence electrons. The van der Waals surface area contributed by atoms with E-state index in [-0.39, 0.29) is 18.3 Å². The van der Waals surface area contributed by atoms with E-state index in [1.165, 1.54) is 0 Å². The van der Waals surface area contributed by atoms with E-state index in [0.717, 1.165) is 55.6 Å². The Kier molecular flexibility index (Phi) is 7.71. The molecule has 1 saturated heterocycles. The monoisotopic (exact) mass is 443 g/mol. The van der Waals surface area contributed by atoms with E-state index in [2.05, 4.69) is 4.90 Å². The minimum atomic E-state index is -0.995. The van der Waals surface area contributed by atoms with E-state index in [0.29, 0.717) is 12.0 Å². The van der Waals surface area contributed by atoms with Crippen molar-refractivity contribution in [3.63, 3.8) is 0 Å². The molecule has 1 aliphatic heterocycles. The lowest BCUT2D eigenvalue weighted by Gasteiger charge is -2.42. The fourth-order valence-electron chi connectivity index (χ4n) is 5.00. The second-order valence-electron chi connectivity index (χ2n) is 9.00. The topological polar surface area (TPSA) is 60.8 Å². The van der Waals surface area contributed by atoms with Crippen LogP contribution < -0.4 is 0 Å². The molecule has 0 saturated carbocycles. The molecule has 4 heteroatoms. The van der Waals surface area contributed by atoms with Crippen molar-refractivity contribution in [2.75, 3.05) is 19.6 Å². The van der Waals surface area contributed by atoms with Gasteiger partial charge in [-0.15, -0.1) is 0 Å². The van der Waals surface area contributed by atoms with E-state index >= 15 is 0 Å². The third-order valence-corrected chi connectivity index (χ3v) is 6.94. The number of nitrogens with zero attached hydrogens (tertiary/aromatic N) is 1. The van der Waals surface area contributed by atoms with Gasteiger partial charge in [-0.25, -0.2) is 0 Å². The molecular formula is C29H33NO3. The van der Waals surface area contributed by atoms with Gasteiger partial charge in [0.1, 0.15) is 5.60 Å². The van der Waals surface area contributed by atoms with Gasteiger partial charge in [-0.3, -0.25) is 4.79 Å². The lowest BCUT2D eigenvalue weighted by molar-refractivity contribution is -0.0142. The number of benzene rings is 3. The number of hydrogen-bond donors (Lipinski definition) is 2. The number of aliphatic hydroxyl groups is 2. The largest absolute Gasteiger partial charge is 0.392 e. The highest BCUT2D eigenvalue weighted by Crippen LogP contribution is 2.41. The summed E-state index contributed by atoms with van der Waals surface area (Å²) in [5.74, 6) is 0.294. The molecule has 0 aliphatic carbocycles. The minimum absolute atomic E-state index is 0.00586. The fourth-order valence-corrected chi connectivity index (χ4v) is 5.00. The Morgan fingerprint density at radius 3 is 1.91 bits per heavy atom. The van der Waals surface area contributed by atoms with Crippen LogP contribution in [-0.2, 0) is 12.2 Å². The molecule has 1 fully saturated rings. The summed E-state index contributed by atoms with van der Waals surface area (Å²) in [6.45, 7) is 2.73. The van der Waals surface area contributed by atoms with Crippen molar-refractivity contribution < 1.29 is 15.0 Å². The summed E-state index contributed by atoms with van der Waals surface area (Å²) in [5, 5.41) is 21.1. The van der Waals surface area contributed by atoms with Crippen molar-refractivity contribution in [3.8, 4) is 0 Å². The molecule has 0 bridgehead atoms. The van der Waals surface area contributed by atoms with Crippen molar-refractivity contribution >= 4 is 5.78 Å². The number of ketones is 1. The van der Waals surface area contributed by atoms with Gasteiger partial charge in [-0.1, -0.05) is 84.9 Å². The number of piperidine rings is 1. The van der Waals surface area contributed by atoms with Crippen LogP contribution in [0, 0.1) is 5.92 Å². The van der Waals surface area contributed by atoms with E-state index in [1.54, 1.807) is 24.3 Å². The second kappa shape index (κ2) is 10.9. The highest BCUT2D eigenvalue weighted by atomic mass is 16.3. The Morgan fingerprint density at radius 2 is 1.39 bits per heavy atom. The second-order valence-corrected chi connectivity index (χ2v) is 9.00. The first-order valence-electron chi connectivity index (χ1n) is 11.9. The standard InChI is InChI=1S/C29H33NO3/c31-22-23-13-15-24(16-14-23)28(32)12-7-19-30-20-17-27(18-21-30)29(33,25-8-3-1-4-9-25)26-10-5-2-6-11-26/h1-6,8-11,13-16,27,31,33H,7,12,17-22H2. The zero-order valence-corrected chi connectivity index (χ0v) is 19.1. The smallest absolute Gasteiger partial charge is 0.162 e. The summed E-state index contributed by atoms with van der Waals surface area (Å²) >= 11 is 0. The molecule has 0 radical (unpaired) electrons. The minimum Gasteiger partial charge on any atom is -0.392 e. The van der Waals surface area contributed by atoms with Crippen molar-refractivity contribution in [2.45, 2.75) is 37.9 Å². The summed E-state index contributed by atoms with van der Waals surface area (Å²) in [4.78, 5) is 14.9. The Morgan fingerprint density at radius 1 is 0.848 bits per heavy atom. The van der Waals surface area contributed by atoms with Crippen molar-refractivity contribution in [1.29, 1.82) is 0 Å². The summed E-state index contributed by atoms with van der Waals surface area (Å²) in [5.41, 5.74) is 2.44. The molecular weight excluding hydrogens is 410 g/mol.